The molecule has 1 aromatic carbocycles. The maximum atomic E-state index is 12.7. The monoisotopic (exact) mass is 377 g/mol. The molecule has 8 heteroatoms. The number of benzene rings is 1. The molecule has 2 aliphatic heterocycles. The highest BCUT2D eigenvalue weighted by atomic mass is 32.2. The highest BCUT2D eigenvalue weighted by molar-refractivity contribution is 7.99. The first-order valence-corrected chi connectivity index (χ1v) is 9.72. The highest BCUT2D eigenvalue weighted by Crippen LogP contribution is 2.34. The van der Waals surface area contributed by atoms with E-state index in [0.717, 1.165) is 22.8 Å². The summed E-state index contributed by atoms with van der Waals surface area (Å²) in [4.78, 5) is 38.8. The molecule has 1 atom stereocenters. The van der Waals surface area contributed by atoms with Gasteiger partial charge in [-0.25, -0.2) is 0 Å². The summed E-state index contributed by atoms with van der Waals surface area (Å²) >= 11 is 1.66. The van der Waals surface area contributed by atoms with Crippen molar-refractivity contribution in [3.05, 3.63) is 29.3 Å². The number of nitrogens with zero attached hydrogens (tertiary/aromatic N) is 1. The van der Waals surface area contributed by atoms with Gasteiger partial charge in [-0.05, 0) is 31.2 Å². The maximum Gasteiger partial charge on any atom is 0.255 e. The number of hydrogen-bond donors (Lipinski definition) is 2. The molecular formula is C18H23N3O4S. The molecule has 2 heterocycles. The molecule has 1 aromatic rings. The Morgan fingerprint density at radius 2 is 2.15 bits per heavy atom. The van der Waals surface area contributed by atoms with E-state index in [-0.39, 0.29) is 24.1 Å². The number of piperidine rings is 1. The van der Waals surface area contributed by atoms with Gasteiger partial charge in [-0.2, -0.15) is 0 Å². The Hall–Kier alpha value is -1.90. The van der Waals surface area contributed by atoms with E-state index in [9.17, 15) is 14.4 Å². The molecule has 140 valence electrons. The molecule has 0 bridgehead atoms. The van der Waals surface area contributed by atoms with Gasteiger partial charge in [0.15, 0.2) is 0 Å². The van der Waals surface area contributed by atoms with Crippen LogP contribution in [0.4, 0.5) is 0 Å². The molecule has 0 aromatic heterocycles. The summed E-state index contributed by atoms with van der Waals surface area (Å²) in [6, 6.07) is 5.10. The van der Waals surface area contributed by atoms with E-state index in [1.807, 2.05) is 19.2 Å². The minimum Gasteiger partial charge on any atom is -0.379 e. The summed E-state index contributed by atoms with van der Waals surface area (Å²) in [7, 11) is 1.89. The number of likely N-dealkylation sites (N-methyl/N-ethyl adjacent to an activating group) is 1. The largest absolute Gasteiger partial charge is 0.379 e. The van der Waals surface area contributed by atoms with Crippen molar-refractivity contribution >= 4 is 29.5 Å². The number of rotatable bonds is 8. The van der Waals surface area contributed by atoms with Gasteiger partial charge in [-0.1, -0.05) is 6.07 Å². The van der Waals surface area contributed by atoms with Crippen molar-refractivity contribution < 1.29 is 19.1 Å². The number of carbonyl (C=O) groups is 3. The normalized spacial score (nSPS) is 19.7. The van der Waals surface area contributed by atoms with Gasteiger partial charge in [0.1, 0.15) is 6.04 Å². The molecule has 2 N–H and O–H groups in total. The van der Waals surface area contributed by atoms with Crippen LogP contribution in [0.3, 0.4) is 0 Å². The lowest BCUT2D eigenvalue weighted by Gasteiger charge is -2.29. The fourth-order valence-corrected chi connectivity index (χ4v) is 4.12. The van der Waals surface area contributed by atoms with Gasteiger partial charge >= 0.3 is 0 Å². The Bertz CT molecular complexity index is 710. The topological polar surface area (TPSA) is 87.7 Å². The Morgan fingerprint density at radius 3 is 2.92 bits per heavy atom. The minimum atomic E-state index is -0.574. The number of thioether (sulfide) groups is 1. The van der Waals surface area contributed by atoms with Crippen molar-refractivity contribution in [1.82, 2.24) is 15.5 Å². The number of hydrogen-bond acceptors (Lipinski definition) is 6. The van der Waals surface area contributed by atoms with Crippen molar-refractivity contribution in [1.29, 1.82) is 0 Å². The lowest BCUT2D eigenvalue weighted by molar-refractivity contribution is -0.136. The van der Waals surface area contributed by atoms with E-state index in [1.54, 1.807) is 22.7 Å². The standard InChI is InChI=1S/C18H23N3O4S/c1-19-7-8-25-9-10-26-15-4-2-3-12-13(15)11-21(18(12)24)14-5-6-16(22)20-17(14)23/h2-4,14,19H,5-11H2,1H3,(H,20,22,23). The Morgan fingerprint density at radius 1 is 1.31 bits per heavy atom. The first-order valence-electron chi connectivity index (χ1n) is 8.73. The van der Waals surface area contributed by atoms with Gasteiger partial charge < -0.3 is 15.0 Å². The van der Waals surface area contributed by atoms with Crippen LogP contribution in [0.1, 0.15) is 28.8 Å². The third kappa shape index (κ3) is 4.08. The zero-order valence-corrected chi connectivity index (χ0v) is 15.6. The van der Waals surface area contributed by atoms with Gasteiger partial charge in [0.2, 0.25) is 11.8 Å². The van der Waals surface area contributed by atoms with Crippen LogP contribution in [0, 0.1) is 0 Å². The molecule has 1 unspecified atom stereocenters. The molecule has 26 heavy (non-hydrogen) atoms. The molecular weight excluding hydrogens is 354 g/mol. The Kier molecular flexibility index (Phi) is 6.29. The third-order valence-electron chi connectivity index (χ3n) is 4.52. The van der Waals surface area contributed by atoms with Crippen molar-refractivity contribution in [3.63, 3.8) is 0 Å². The van der Waals surface area contributed by atoms with Crippen LogP contribution in [-0.2, 0) is 20.9 Å². The summed E-state index contributed by atoms with van der Waals surface area (Å²) in [6.07, 6.45) is 0.647. The molecule has 1 fully saturated rings. The number of imide groups is 1. The summed E-state index contributed by atoms with van der Waals surface area (Å²) < 4.78 is 5.53. The molecule has 3 rings (SSSR count). The number of amides is 3. The van der Waals surface area contributed by atoms with Crippen LogP contribution < -0.4 is 10.6 Å². The fraction of sp³-hybridized carbons (Fsp3) is 0.500. The van der Waals surface area contributed by atoms with E-state index in [1.165, 1.54) is 0 Å². The highest BCUT2D eigenvalue weighted by Gasteiger charge is 2.39. The lowest BCUT2D eigenvalue weighted by Crippen LogP contribution is -2.52. The summed E-state index contributed by atoms with van der Waals surface area (Å²) in [5.41, 5.74) is 1.61. The molecule has 0 spiro atoms. The zero-order chi connectivity index (χ0) is 18.5. The minimum absolute atomic E-state index is 0.137. The van der Waals surface area contributed by atoms with Gasteiger partial charge in [-0.3, -0.25) is 19.7 Å². The van der Waals surface area contributed by atoms with Gasteiger partial charge in [-0.15, -0.1) is 11.8 Å². The van der Waals surface area contributed by atoms with Crippen LogP contribution in [0.15, 0.2) is 23.1 Å². The van der Waals surface area contributed by atoms with Gasteiger partial charge in [0.25, 0.3) is 5.91 Å². The van der Waals surface area contributed by atoms with Crippen LogP contribution >= 0.6 is 11.8 Å². The Balaban J connectivity index is 1.64. The predicted molar refractivity (Wildman–Crippen MR) is 98.0 cm³/mol. The van der Waals surface area contributed by atoms with Crippen molar-refractivity contribution in [2.75, 3.05) is 32.6 Å². The zero-order valence-electron chi connectivity index (χ0n) is 14.7. The fourth-order valence-electron chi connectivity index (χ4n) is 3.18. The second kappa shape index (κ2) is 8.66. The van der Waals surface area contributed by atoms with E-state index in [2.05, 4.69) is 10.6 Å². The molecule has 0 aliphatic carbocycles. The van der Waals surface area contributed by atoms with Crippen molar-refractivity contribution in [2.45, 2.75) is 30.3 Å². The van der Waals surface area contributed by atoms with E-state index >= 15 is 0 Å². The average molecular weight is 377 g/mol. The predicted octanol–water partition coefficient (Wildman–Crippen LogP) is 0.776. The first-order chi connectivity index (χ1) is 12.6. The van der Waals surface area contributed by atoms with E-state index in [4.69, 9.17) is 4.74 Å². The summed E-state index contributed by atoms with van der Waals surface area (Å²) in [5.74, 6) is 0.00829. The van der Waals surface area contributed by atoms with Crippen LogP contribution in [0.5, 0.6) is 0 Å². The van der Waals surface area contributed by atoms with E-state index in [0.29, 0.717) is 31.7 Å². The van der Waals surface area contributed by atoms with Crippen LogP contribution in [0.2, 0.25) is 0 Å². The second-order valence-electron chi connectivity index (χ2n) is 6.25. The quantitative estimate of drug-likeness (QED) is 0.395. The molecule has 1 saturated heterocycles. The van der Waals surface area contributed by atoms with Crippen LogP contribution in [-0.4, -0.2) is 61.2 Å². The number of carbonyl (C=O) groups excluding carboxylic acids is 3. The SMILES string of the molecule is CNCCOCCSc1cccc2c1CN(C1CCC(=O)NC1=O)C2=O. The third-order valence-corrected chi connectivity index (χ3v) is 5.59. The molecule has 0 radical (unpaired) electrons. The van der Waals surface area contributed by atoms with Gasteiger partial charge in [0.05, 0.1) is 13.2 Å². The number of nitrogens with one attached hydrogen (secondary N) is 2. The Labute approximate surface area is 156 Å². The average Bonchev–Trinajstić information content (AvgIpc) is 2.96. The van der Waals surface area contributed by atoms with Crippen molar-refractivity contribution in [2.24, 2.45) is 0 Å². The van der Waals surface area contributed by atoms with Gasteiger partial charge in [0, 0.05) is 35.7 Å². The smallest absolute Gasteiger partial charge is 0.255 e. The second-order valence-corrected chi connectivity index (χ2v) is 7.38. The summed E-state index contributed by atoms with van der Waals surface area (Å²) in [6.45, 7) is 2.54. The molecule has 0 saturated carbocycles. The maximum absolute atomic E-state index is 12.7. The lowest BCUT2D eigenvalue weighted by atomic mass is 10.0. The number of fused-ring (bicyclic) bond motifs is 1. The molecule has 2 aliphatic rings. The van der Waals surface area contributed by atoms with E-state index < -0.39 is 6.04 Å². The number of ether oxygens (including phenoxy) is 1. The summed E-state index contributed by atoms with van der Waals surface area (Å²) in [5, 5.41) is 5.36. The first kappa shape index (κ1) is 18.9. The molecule has 3 amide bonds. The molecule has 7 nitrogen and oxygen atoms in total. The van der Waals surface area contributed by atoms with Crippen LogP contribution in [0.25, 0.3) is 0 Å². The van der Waals surface area contributed by atoms with Crippen molar-refractivity contribution in [3.8, 4) is 0 Å².